The fraction of sp³-hybridized carbons (Fsp3) is 0.500. The lowest BCUT2D eigenvalue weighted by molar-refractivity contribution is -0.386. The number of benzene rings is 2. The van der Waals surface area contributed by atoms with Crippen LogP contribution in [0.25, 0.3) is 0 Å². The molecule has 0 radical (unpaired) electrons. The number of nitrogens with two attached hydrogens (primary N) is 2. The number of nitro benzene ring substituents is 2. The molecule has 16 heteroatoms. The molecule has 2 aromatic carbocycles. The van der Waals surface area contributed by atoms with E-state index in [2.05, 4.69) is 0 Å². The van der Waals surface area contributed by atoms with Gasteiger partial charge in [0.1, 0.15) is 0 Å². The second-order valence-corrected chi connectivity index (χ2v) is 10.9. The summed E-state index contributed by atoms with van der Waals surface area (Å²) >= 11 is 11.9. The van der Waals surface area contributed by atoms with Gasteiger partial charge < -0.3 is 18.9 Å². The van der Waals surface area contributed by atoms with E-state index < -0.39 is 34.2 Å². The summed E-state index contributed by atoms with van der Waals surface area (Å²) in [5.74, 6) is -3.25. The largest absolute Gasteiger partial charge is 0.486 e. The highest BCUT2D eigenvalue weighted by molar-refractivity contribution is 6.31. The molecule has 0 amide bonds. The Morgan fingerprint density at radius 1 is 0.750 bits per heavy atom. The van der Waals surface area contributed by atoms with E-state index in [1.165, 1.54) is 36.4 Å². The van der Waals surface area contributed by atoms with Crippen molar-refractivity contribution >= 4 is 46.5 Å². The Balaban J connectivity index is 1.90. The van der Waals surface area contributed by atoms with Crippen molar-refractivity contribution in [3.63, 3.8) is 0 Å². The molecule has 0 spiro atoms. The molecule has 0 fully saturated rings. The Morgan fingerprint density at radius 3 is 1.43 bits per heavy atom. The summed E-state index contributed by atoms with van der Waals surface area (Å²) < 4.78 is 21.4. The number of rotatable bonds is 18. The quantitative estimate of drug-likeness (QED) is 0.0665. The first kappa shape index (κ1) is 36.5. The van der Waals surface area contributed by atoms with E-state index in [0.29, 0.717) is 12.8 Å². The van der Waals surface area contributed by atoms with Crippen LogP contribution in [0, 0.1) is 32.1 Å². The zero-order valence-electron chi connectivity index (χ0n) is 24.3. The summed E-state index contributed by atoms with van der Waals surface area (Å²) in [5.41, 5.74) is 11.4. The summed E-state index contributed by atoms with van der Waals surface area (Å²) in [6.45, 7) is 3.88. The lowest BCUT2D eigenvalue weighted by atomic mass is 10.00. The van der Waals surface area contributed by atoms with Gasteiger partial charge in [-0.15, -0.1) is 0 Å². The van der Waals surface area contributed by atoms with Gasteiger partial charge in [0, 0.05) is 47.2 Å². The molecule has 242 valence electrons. The monoisotopic (exact) mass is 658 g/mol. The molecular formula is C28H36Cl2N4O10. The van der Waals surface area contributed by atoms with Gasteiger partial charge in [0.2, 0.25) is 0 Å². The molecule has 14 nitrogen and oxygen atoms in total. The van der Waals surface area contributed by atoms with Gasteiger partial charge in [-0.1, -0.05) is 49.9 Å². The van der Waals surface area contributed by atoms with Crippen LogP contribution in [0.15, 0.2) is 36.4 Å². The predicted molar refractivity (Wildman–Crippen MR) is 161 cm³/mol. The van der Waals surface area contributed by atoms with Gasteiger partial charge in [-0.05, 0) is 36.8 Å². The van der Waals surface area contributed by atoms with Crippen LogP contribution in [0.5, 0.6) is 11.5 Å². The molecule has 2 aromatic rings. The van der Waals surface area contributed by atoms with Crippen LogP contribution in [-0.4, -0.2) is 47.5 Å². The maximum atomic E-state index is 12.4. The first-order chi connectivity index (χ1) is 20.8. The predicted octanol–water partition coefficient (Wildman–Crippen LogP) is 5.54. The van der Waals surface area contributed by atoms with Crippen LogP contribution in [0.1, 0.15) is 52.4 Å². The molecule has 0 aliphatic carbocycles. The number of hydrogen-bond acceptors (Lipinski definition) is 12. The Hall–Kier alpha value is -3.72. The minimum Gasteiger partial charge on any atom is -0.486 e. The average molecular weight is 660 g/mol. The van der Waals surface area contributed by atoms with Crippen LogP contribution in [0.4, 0.5) is 11.4 Å². The second-order valence-electron chi connectivity index (χ2n) is 10.0. The molecular weight excluding hydrogens is 623 g/mol. The summed E-state index contributed by atoms with van der Waals surface area (Å²) in [5, 5.41) is 23.1. The summed E-state index contributed by atoms with van der Waals surface area (Å²) in [6.07, 6.45) is 0.415. The minimum absolute atomic E-state index is 0.00991. The van der Waals surface area contributed by atoms with Crippen molar-refractivity contribution < 1.29 is 38.4 Å². The summed E-state index contributed by atoms with van der Waals surface area (Å²) in [6, 6.07) is 7.89. The zero-order valence-corrected chi connectivity index (χ0v) is 25.8. The first-order valence-electron chi connectivity index (χ1n) is 13.9. The van der Waals surface area contributed by atoms with E-state index in [1.807, 2.05) is 13.8 Å². The SMILES string of the molecule is CCCC(COc1cc(Cl)ccc1[N+](=O)[O-])CC(N)OC(=O)C(=O)OC(N)CC(CCC)COc1cc(Cl)ccc1[N+](=O)[O-]. The maximum Gasteiger partial charge on any atom is 0.419 e. The minimum atomic E-state index is -1.34. The van der Waals surface area contributed by atoms with E-state index in [9.17, 15) is 29.8 Å². The number of hydrogen-bond donors (Lipinski definition) is 2. The van der Waals surface area contributed by atoms with Crippen LogP contribution in [-0.2, 0) is 19.1 Å². The topological polar surface area (TPSA) is 209 Å². The molecule has 0 saturated carbocycles. The van der Waals surface area contributed by atoms with E-state index in [1.54, 1.807) is 0 Å². The van der Waals surface area contributed by atoms with Crippen molar-refractivity contribution in [1.29, 1.82) is 0 Å². The number of halogens is 2. The van der Waals surface area contributed by atoms with Crippen molar-refractivity contribution in [2.24, 2.45) is 23.3 Å². The average Bonchev–Trinajstić information content (AvgIpc) is 2.94. The van der Waals surface area contributed by atoms with Gasteiger partial charge in [0.05, 0.1) is 23.1 Å². The number of esters is 2. The molecule has 0 saturated heterocycles. The number of nitro groups is 2. The lowest BCUT2D eigenvalue weighted by Crippen LogP contribution is -2.38. The van der Waals surface area contributed by atoms with Crippen molar-refractivity contribution in [1.82, 2.24) is 0 Å². The third kappa shape index (κ3) is 12.1. The van der Waals surface area contributed by atoms with Gasteiger partial charge in [0.25, 0.3) is 0 Å². The van der Waals surface area contributed by atoms with Gasteiger partial charge >= 0.3 is 23.3 Å². The molecule has 0 bridgehead atoms. The highest BCUT2D eigenvalue weighted by Gasteiger charge is 2.27. The van der Waals surface area contributed by atoms with Crippen molar-refractivity contribution in [3.8, 4) is 11.5 Å². The van der Waals surface area contributed by atoms with Gasteiger partial charge in [-0.2, -0.15) is 0 Å². The summed E-state index contributed by atoms with van der Waals surface area (Å²) in [7, 11) is 0. The molecule has 4 unspecified atom stereocenters. The maximum absolute atomic E-state index is 12.4. The Labute approximate surface area is 264 Å². The fourth-order valence-corrected chi connectivity index (χ4v) is 4.73. The third-order valence-corrected chi connectivity index (χ3v) is 6.86. The van der Waals surface area contributed by atoms with Gasteiger partial charge in [-0.25, -0.2) is 9.59 Å². The lowest BCUT2D eigenvalue weighted by Gasteiger charge is -2.22. The molecule has 0 heterocycles. The zero-order chi connectivity index (χ0) is 32.8. The van der Waals surface area contributed by atoms with E-state index in [0.717, 1.165) is 12.8 Å². The van der Waals surface area contributed by atoms with Crippen LogP contribution in [0.3, 0.4) is 0 Å². The van der Waals surface area contributed by atoms with Crippen LogP contribution >= 0.6 is 23.2 Å². The van der Waals surface area contributed by atoms with Gasteiger partial charge in [-0.3, -0.25) is 31.7 Å². The number of ether oxygens (including phenoxy) is 4. The first-order valence-corrected chi connectivity index (χ1v) is 14.7. The van der Waals surface area contributed by atoms with E-state index >= 15 is 0 Å². The highest BCUT2D eigenvalue weighted by Crippen LogP contribution is 2.32. The molecule has 0 aromatic heterocycles. The summed E-state index contributed by atoms with van der Waals surface area (Å²) in [4.78, 5) is 46.1. The standard InChI is InChI=1S/C28H36Cl2N4O10/c1-3-5-17(15-41-23-13-19(29)7-9-21(23)33(37)38)11-25(31)43-27(35)28(36)44-26(32)12-18(6-4-2)16-42-24-14-20(30)8-10-22(24)34(39)40/h7-10,13-14,17-18,25-26H,3-6,11-12,15-16,31-32H2,1-2H3. The number of carbonyl (C=O) groups excluding carboxylic acids is 2. The van der Waals surface area contributed by atoms with E-state index in [4.69, 9.17) is 53.6 Å². The van der Waals surface area contributed by atoms with Gasteiger partial charge in [0.15, 0.2) is 24.0 Å². The molecule has 44 heavy (non-hydrogen) atoms. The fourth-order valence-electron chi connectivity index (χ4n) is 4.40. The normalized spacial score (nSPS) is 13.7. The molecule has 4 N–H and O–H groups in total. The second kappa shape index (κ2) is 18.2. The third-order valence-electron chi connectivity index (χ3n) is 6.39. The van der Waals surface area contributed by atoms with Crippen molar-refractivity contribution in [2.45, 2.75) is 64.8 Å². The molecule has 0 aliphatic rings. The number of nitrogens with zero attached hydrogens (tertiary/aromatic N) is 2. The van der Waals surface area contributed by atoms with Crippen molar-refractivity contribution in [2.75, 3.05) is 13.2 Å². The Morgan fingerprint density at radius 2 is 1.11 bits per heavy atom. The molecule has 0 aliphatic heterocycles. The molecule has 4 atom stereocenters. The van der Waals surface area contributed by atoms with Crippen LogP contribution < -0.4 is 20.9 Å². The Kier molecular flexibility index (Phi) is 15.1. The smallest absolute Gasteiger partial charge is 0.419 e. The number of carbonyl (C=O) groups is 2. The van der Waals surface area contributed by atoms with Crippen LogP contribution in [0.2, 0.25) is 10.0 Å². The highest BCUT2D eigenvalue weighted by atomic mass is 35.5. The van der Waals surface area contributed by atoms with E-state index in [-0.39, 0.29) is 70.8 Å². The van der Waals surface area contributed by atoms with Crippen molar-refractivity contribution in [3.05, 3.63) is 66.7 Å². The molecule has 2 rings (SSSR count). The Bertz CT molecular complexity index is 1200.